The summed E-state index contributed by atoms with van der Waals surface area (Å²) in [4.78, 5) is 26.3. The van der Waals surface area contributed by atoms with Crippen molar-refractivity contribution in [3.63, 3.8) is 0 Å². The van der Waals surface area contributed by atoms with Crippen molar-refractivity contribution in [3.8, 4) is 0 Å². The zero-order valence-corrected chi connectivity index (χ0v) is 13.7. The maximum atomic E-state index is 12.2. The van der Waals surface area contributed by atoms with E-state index in [1.165, 1.54) is 7.11 Å². The van der Waals surface area contributed by atoms with E-state index in [0.29, 0.717) is 0 Å². The van der Waals surface area contributed by atoms with Gasteiger partial charge in [-0.25, -0.2) is 0 Å². The Morgan fingerprint density at radius 3 is 2.52 bits per heavy atom. The number of rotatable bonds is 7. The number of carbonyl (C=O) groups is 2. The molecule has 0 aliphatic rings. The van der Waals surface area contributed by atoms with Gasteiger partial charge in [-0.3, -0.25) is 14.5 Å². The van der Waals surface area contributed by atoms with Crippen molar-refractivity contribution in [2.45, 2.75) is 24.8 Å². The summed E-state index contributed by atoms with van der Waals surface area (Å²) in [6, 6.07) is 7.70. The van der Waals surface area contributed by atoms with Gasteiger partial charge in [0.15, 0.2) is 0 Å². The molecule has 1 N–H and O–H groups in total. The standard InChI is InChI=1S/C15H22N2O3S/c1-11(2)17(10-15(19)20-3)9-14(18)16-12-7-5-6-8-13(12)21-4/h5-8,11H,9-10H2,1-4H3,(H,16,18). The highest BCUT2D eigenvalue weighted by molar-refractivity contribution is 7.98. The molecular formula is C15H22N2O3S. The predicted octanol–water partition coefficient (Wildman–Crippen LogP) is 2.23. The number of anilines is 1. The molecule has 0 saturated carbocycles. The Morgan fingerprint density at radius 2 is 1.95 bits per heavy atom. The third-order valence-electron chi connectivity index (χ3n) is 3.02. The zero-order chi connectivity index (χ0) is 15.8. The highest BCUT2D eigenvalue weighted by Crippen LogP contribution is 2.24. The van der Waals surface area contributed by atoms with E-state index in [9.17, 15) is 9.59 Å². The number of nitrogens with zero attached hydrogens (tertiary/aromatic N) is 1. The second-order valence-electron chi connectivity index (χ2n) is 4.82. The predicted molar refractivity (Wildman–Crippen MR) is 85.6 cm³/mol. The molecule has 0 fully saturated rings. The minimum absolute atomic E-state index is 0.0747. The number of para-hydroxylation sites is 1. The van der Waals surface area contributed by atoms with Crippen LogP contribution in [-0.2, 0) is 14.3 Å². The van der Waals surface area contributed by atoms with Crippen LogP contribution in [0.2, 0.25) is 0 Å². The fourth-order valence-corrected chi connectivity index (χ4v) is 2.33. The van der Waals surface area contributed by atoms with Crippen molar-refractivity contribution >= 4 is 29.3 Å². The summed E-state index contributed by atoms with van der Waals surface area (Å²) < 4.78 is 4.65. The molecule has 0 unspecified atom stereocenters. The van der Waals surface area contributed by atoms with Crippen LogP contribution in [0, 0.1) is 0 Å². The number of nitrogens with one attached hydrogen (secondary N) is 1. The monoisotopic (exact) mass is 310 g/mol. The zero-order valence-electron chi connectivity index (χ0n) is 12.9. The van der Waals surface area contributed by atoms with Crippen LogP contribution in [0.15, 0.2) is 29.2 Å². The Morgan fingerprint density at radius 1 is 1.29 bits per heavy atom. The second-order valence-corrected chi connectivity index (χ2v) is 5.67. The fraction of sp³-hybridized carbons (Fsp3) is 0.467. The van der Waals surface area contributed by atoms with Crippen LogP contribution in [0.4, 0.5) is 5.69 Å². The van der Waals surface area contributed by atoms with Crippen LogP contribution >= 0.6 is 11.8 Å². The molecular weight excluding hydrogens is 288 g/mol. The van der Waals surface area contributed by atoms with Gasteiger partial charge in [0.1, 0.15) is 0 Å². The Hall–Kier alpha value is -1.53. The fourth-order valence-electron chi connectivity index (χ4n) is 1.77. The van der Waals surface area contributed by atoms with Gasteiger partial charge < -0.3 is 10.1 Å². The number of esters is 1. The number of carbonyl (C=O) groups excluding carboxylic acids is 2. The minimum atomic E-state index is -0.346. The van der Waals surface area contributed by atoms with Crippen molar-refractivity contribution in [2.75, 3.05) is 31.8 Å². The van der Waals surface area contributed by atoms with E-state index in [1.54, 1.807) is 16.7 Å². The molecule has 0 heterocycles. The molecule has 1 rings (SSSR count). The van der Waals surface area contributed by atoms with Crippen LogP contribution in [-0.4, -0.2) is 49.3 Å². The van der Waals surface area contributed by atoms with Crippen LogP contribution in [0.3, 0.4) is 0 Å². The normalized spacial score (nSPS) is 10.8. The third-order valence-corrected chi connectivity index (χ3v) is 3.81. The summed E-state index contributed by atoms with van der Waals surface area (Å²) in [5.41, 5.74) is 0.789. The Balaban J connectivity index is 2.67. The number of thioether (sulfide) groups is 1. The summed E-state index contributed by atoms with van der Waals surface area (Å²) in [5.74, 6) is -0.491. The van der Waals surface area contributed by atoms with Gasteiger partial charge in [0.25, 0.3) is 0 Å². The highest BCUT2D eigenvalue weighted by atomic mass is 32.2. The van der Waals surface area contributed by atoms with Crippen molar-refractivity contribution in [1.29, 1.82) is 0 Å². The molecule has 0 atom stereocenters. The lowest BCUT2D eigenvalue weighted by atomic mass is 10.3. The van der Waals surface area contributed by atoms with Crippen LogP contribution < -0.4 is 5.32 Å². The first-order valence-corrected chi connectivity index (χ1v) is 7.94. The number of amides is 1. The number of hydrogen-bond acceptors (Lipinski definition) is 5. The number of hydrogen-bond donors (Lipinski definition) is 1. The lowest BCUT2D eigenvalue weighted by Gasteiger charge is -2.24. The van der Waals surface area contributed by atoms with Gasteiger partial charge in [-0.1, -0.05) is 12.1 Å². The lowest BCUT2D eigenvalue weighted by Crippen LogP contribution is -2.41. The van der Waals surface area contributed by atoms with Crippen molar-refractivity contribution < 1.29 is 14.3 Å². The van der Waals surface area contributed by atoms with E-state index in [-0.39, 0.29) is 31.0 Å². The largest absolute Gasteiger partial charge is 0.468 e. The molecule has 0 bridgehead atoms. The van der Waals surface area contributed by atoms with Crippen LogP contribution in [0.5, 0.6) is 0 Å². The van der Waals surface area contributed by atoms with Crippen molar-refractivity contribution in [2.24, 2.45) is 0 Å². The topological polar surface area (TPSA) is 58.6 Å². The van der Waals surface area contributed by atoms with Gasteiger partial charge in [0.05, 0.1) is 25.9 Å². The average molecular weight is 310 g/mol. The maximum absolute atomic E-state index is 12.2. The molecule has 0 aliphatic heterocycles. The number of benzene rings is 1. The summed E-state index contributed by atoms with van der Waals surface area (Å²) in [6.07, 6.45) is 1.96. The Kier molecular flexibility index (Phi) is 7.25. The molecule has 0 radical (unpaired) electrons. The Labute approximate surface area is 130 Å². The van der Waals surface area contributed by atoms with Crippen LogP contribution in [0.25, 0.3) is 0 Å². The summed E-state index contributed by atoms with van der Waals surface area (Å²) >= 11 is 1.57. The minimum Gasteiger partial charge on any atom is -0.468 e. The van der Waals surface area contributed by atoms with E-state index < -0.39 is 0 Å². The summed E-state index contributed by atoms with van der Waals surface area (Å²) in [7, 11) is 1.34. The third kappa shape index (κ3) is 5.77. The van der Waals surface area contributed by atoms with E-state index in [0.717, 1.165) is 10.6 Å². The average Bonchev–Trinajstić information content (AvgIpc) is 2.46. The maximum Gasteiger partial charge on any atom is 0.319 e. The lowest BCUT2D eigenvalue weighted by molar-refractivity contribution is -0.142. The molecule has 1 aromatic carbocycles. The molecule has 0 aliphatic carbocycles. The van der Waals surface area contributed by atoms with Gasteiger partial charge in [0, 0.05) is 10.9 Å². The smallest absolute Gasteiger partial charge is 0.319 e. The molecule has 1 amide bonds. The molecule has 0 aromatic heterocycles. The molecule has 21 heavy (non-hydrogen) atoms. The van der Waals surface area contributed by atoms with E-state index in [2.05, 4.69) is 10.1 Å². The van der Waals surface area contributed by atoms with E-state index >= 15 is 0 Å². The van der Waals surface area contributed by atoms with Crippen molar-refractivity contribution in [3.05, 3.63) is 24.3 Å². The first-order valence-electron chi connectivity index (χ1n) is 6.71. The first kappa shape index (κ1) is 17.5. The molecule has 5 nitrogen and oxygen atoms in total. The molecule has 0 spiro atoms. The highest BCUT2D eigenvalue weighted by Gasteiger charge is 2.18. The summed E-state index contributed by atoms with van der Waals surface area (Å²) in [6.45, 7) is 4.12. The first-order chi connectivity index (χ1) is 9.97. The quantitative estimate of drug-likeness (QED) is 0.618. The Bertz CT molecular complexity index is 492. The van der Waals surface area contributed by atoms with Gasteiger partial charge >= 0.3 is 5.97 Å². The SMILES string of the molecule is COC(=O)CN(CC(=O)Nc1ccccc1SC)C(C)C. The molecule has 6 heteroatoms. The van der Waals surface area contributed by atoms with Crippen LogP contribution in [0.1, 0.15) is 13.8 Å². The van der Waals surface area contributed by atoms with E-state index in [4.69, 9.17) is 0 Å². The number of methoxy groups -OCH3 is 1. The van der Waals surface area contributed by atoms with Gasteiger partial charge in [-0.05, 0) is 32.2 Å². The number of ether oxygens (including phenoxy) is 1. The molecule has 1 aromatic rings. The van der Waals surface area contributed by atoms with Gasteiger partial charge in [0.2, 0.25) is 5.91 Å². The molecule has 0 saturated heterocycles. The second kappa shape index (κ2) is 8.69. The van der Waals surface area contributed by atoms with Gasteiger partial charge in [-0.15, -0.1) is 11.8 Å². The van der Waals surface area contributed by atoms with Gasteiger partial charge in [-0.2, -0.15) is 0 Å². The van der Waals surface area contributed by atoms with Crippen molar-refractivity contribution in [1.82, 2.24) is 4.90 Å². The molecule has 116 valence electrons. The summed E-state index contributed by atoms with van der Waals surface area (Å²) in [5, 5.41) is 2.88. The van der Waals surface area contributed by atoms with E-state index in [1.807, 2.05) is 44.4 Å².